The van der Waals surface area contributed by atoms with Crippen LogP contribution in [-0.4, -0.2) is 76.6 Å². The van der Waals surface area contributed by atoms with Crippen molar-refractivity contribution >= 4 is 5.96 Å². The summed E-state index contributed by atoms with van der Waals surface area (Å²) < 4.78 is 16.5. The highest BCUT2D eigenvalue weighted by molar-refractivity contribution is 5.79. The lowest BCUT2D eigenvalue weighted by molar-refractivity contribution is 0.0420. The number of methoxy groups -OCH3 is 1. The van der Waals surface area contributed by atoms with Gasteiger partial charge >= 0.3 is 0 Å². The smallest absolute Gasteiger partial charge is 0.191 e. The molecule has 2 atom stereocenters. The van der Waals surface area contributed by atoms with Crippen molar-refractivity contribution in [2.24, 2.45) is 4.99 Å². The van der Waals surface area contributed by atoms with E-state index in [-0.39, 0.29) is 6.10 Å². The summed E-state index contributed by atoms with van der Waals surface area (Å²) in [6.45, 7) is 9.11. The summed E-state index contributed by atoms with van der Waals surface area (Å²) in [5.41, 5.74) is 1.30. The standard InChI is InChI=1S/C23H38N4O3/c1-3-24-23(25-12-6-15-30-21-11-16-29-18-21)26-17-22(27-13-4-5-14-27)19-7-9-20(28-2)10-8-19/h7-10,21-22H,3-6,11-18H2,1-2H3,(H2,24,25,26). The van der Waals surface area contributed by atoms with Gasteiger partial charge in [0.1, 0.15) is 5.75 Å². The number of rotatable bonds is 11. The minimum absolute atomic E-state index is 0.276. The Morgan fingerprint density at radius 1 is 1.23 bits per heavy atom. The number of ether oxygens (including phenoxy) is 3. The molecule has 0 amide bonds. The third kappa shape index (κ3) is 7.15. The first-order valence-corrected chi connectivity index (χ1v) is 11.4. The van der Waals surface area contributed by atoms with Crippen LogP contribution in [0.3, 0.4) is 0 Å². The quantitative estimate of drug-likeness (QED) is 0.327. The fourth-order valence-corrected chi connectivity index (χ4v) is 4.00. The molecule has 1 aromatic carbocycles. The highest BCUT2D eigenvalue weighted by Gasteiger charge is 2.23. The van der Waals surface area contributed by atoms with Crippen LogP contribution in [0.5, 0.6) is 5.75 Å². The van der Waals surface area contributed by atoms with Gasteiger partial charge in [-0.3, -0.25) is 9.89 Å². The van der Waals surface area contributed by atoms with Crippen molar-refractivity contribution in [1.29, 1.82) is 0 Å². The first-order chi connectivity index (χ1) is 14.8. The molecule has 0 saturated carbocycles. The van der Waals surface area contributed by atoms with Crippen LogP contribution >= 0.6 is 0 Å². The fraction of sp³-hybridized carbons (Fsp3) is 0.696. The first-order valence-electron chi connectivity index (χ1n) is 11.4. The highest BCUT2D eigenvalue weighted by Crippen LogP contribution is 2.27. The second-order valence-corrected chi connectivity index (χ2v) is 7.89. The van der Waals surface area contributed by atoms with Crippen LogP contribution < -0.4 is 15.4 Å². The molecule has 0 aliphatic carbocycles. The molecule has 168 valence electrons. The molecule has 2 fully saturated rings. The number of likely N-dealkylation sites (tertiary alicyclic amines) is 1. The van der Waals surface area contributed by atoms with Crippen molar-refractivity contribution in [2.45, 2.75) is 44.8 Å². The maximum Gasteiger partial charge on any atom is 0.191 e. The second-order valence-electron chi connectivity index (χ2n) is 7.89. The van der Waals surface area contributed by atoms with Crippen LogP contribution in [0.1, 0.15) is 44.2 Å². The van der Waals surface area contributed by atoms with Gasteiger partial charge in [0.25, 0.3) is 0 Å². The summed E-state index contributed by atoms with van der Waals surface area (Å²) in [4.78, 5) is 7.46. The van der Waals surface area contributed by atoms with Crippen LogP contribution in [0.2, 0.25) is 0 Å². The van der Waals surface area contributed by atoms with E-state index in [0.29, 0.717) is 6.04 Å². The van der Waals surface area contributed by atoms with Gasteiger partial charge < -0.3 is 24.8 Å². The molecular weight excluding hydrogens is 380 g/mol. The van der Waals surface area contributed by atoms with Gasteiger partial charge in [-0.1, -0.05) is 12.1 Å². The summed E-state index contributed by atoms with van der Waals surface area (Å²) in [7, 11) is 1.71. The van der Waals surface area contributed by atoms with Crippen molar-refractivity contribution in [3.05, 3.63) is 29.8 Å². The molecule has 1 aromatic rings. The lowest BCUT2D eigenvalue weighted by atomic mass is 10.1. The van der Waals surface area contributed by atoms with Gasteiger partial charge in [-0.15, -0.1) is 0 Å². The summed E-state index contributed by atoms with van der Waals surface area (Å²) in [6.07, 6.45) is 4.77. The molecule has 2 N–H and O–H groups in total. The third-order valence-electron chi connectivity index (χ3n) is 5.70. The number of guanidine groups is 1. The van der Waals surface area contributed by atoms with E-state index in [9.17, 15) is 0 Å². The van der Waals surface area contributed by atoms with E-state index in [1.54, 1.807) is 7.11 Å². The van der Waals surface area contributed by atoms with Crippen LogP contribution in [0.25, 0.3) is 0 Å². The molecule has 30 heavy (non-hydrogen) atoms. The first kappa shape index (κ1) is 22.8. The topological polar surface area (TPSA) is 67.4 Å². The van der Waals surface area contributed by atoms with E-state index in [0.717, 1.165) is 77.1 Å². The Morgan fingerprint density at radius 3 is 2.70 bits per heavy atom. The normalized spacial score (nSPS) is 21.0. The van der Waals surface area contributed by atoms with Gasteiger partial charge in [-0.25, -0.2) is 0 Å². The number of benzene rings is 1. The largest absolute Gasteiger partial charge is 0.497 e. The average Bonchev–Trinajstić information content (AvgIpc) is 3.48. The van der Waals surface area contributed by atoms with Crippen LogP contribution in [0.4, 0.5) is 0 Å². The van der Waals surface area contributed by atoms with E-state index in [1.807, 2.05) is 12.1 Å². The van der Waals surface area contributed by atoms with E-state index < -0.39 is 0 Å². The fourth-order valence-electron chi connectivity index (χ4n) is 4.00. The number of hydrogen-bond acceptors (Lipinski definition) is 5. The molecule has 0 radical (unpaired) electrons. The molecule has 2 heterocycles. The summed E-state index contributed by atoms with van der Waals surface area (Å²) in [5, 5.41) is 6.82. The Kier molecular flexibility index (Phi) is 9.73. The zero-order valence-electron chi connectivity index (χ0n) is 18.6. The zero-order valence-corrected chi connectivity index (χ0v) is 18.6. The van der Waals surface area contributed by atoms with E-state index >= 15 is 0 Å². The molecule has 2 unspecified atom stereocenters. The van der Waals surface area contributed by atoms with Crippen LogP contribution in [-0.2, 0) is 9.47 Å². The molecule has 0 spiro atoms. The van der Waals surface area contributed by atoms with Crippen molar-refractivity contribution < 1.29 is 14.2 Å². The molecule has 3 rings (SSSR count). The monoisotopic (exact) mass is 418 g/mol. The van der Waals surface area contributed by atoms with Gasteiger partial charge in [-0.2, -0.15) is 0 Å². The molecular formula is C23H38N4O3. The second kappa shape index (κ2) is 12.8. The predicted molar refractivity (Wildman–Crippen MR) is 120 cm³/mol. The Hall–Kier alpha value is -1.83. The molecule has 2 aliphatic rings. The number of nitrogens with zero attached hydrogens (tertiary/aromatic N) is 2. The SMILES string of the molecule is CCNC(=NCC(c1ccc(OC)cc1)N1CCCC1)NCCCOC1CCOC1. The maximum atomic E-state index is 5.84. The van der Waals surface area contributed by atoms with Gasteiger partial charge in [0, 0.05) is 26.3 Å². The van der Waals surface area contributed by atoms with E-state index in [4.69, 9.17) is 19.2 Å². The number of nitrogens with one attached hydrogen (secondary N) is 2. The lowest BCUT2D eigenvalue weighted by Gasteiger charge is -2.27. The molecule has 0 bridgehead atoms. The van der Waals surface area contributed by atoms with Crippen molar-refractivity contribution in [1.82, 2.24) is 15.5 Å². The lowest BCUT2D eigenvalue weighted by Crippen LogP contribution is -2.39. The predicted octanol–water partition coefficient (Wildman–Crippen LogP) is 2.58. The minimum Gasteiger partial charge on any atom is -0.497 e. The van der Waals surface area contributed by atoms with E-state index in [1.165, 1.54) is 18.4 Å². The molecule has 2 saturated heterocycles. The van der Waals surface area contributed by atoms with Crippen molar-refractivity contribution in [3.63, 3.8) is 0 Å². The Balaban J connectivity index is 1.53. The Bertz CT molecular complexity index is 626. The van der Waals surface area contributed by atoms with Gasteiger partial charge in [0.2, 0.25) is 0 Å². The van der Waals surface area contributed by atoms with Crippen LogP contribution in [0, 0.1) is 0 Å². The highest BCUT2D eigenvalue weighted by atomic mass is 16.5. The van der Waals surface area contributed by atoms with Crippen LogP contribution in [0.15, 0.2) is 29.3 Å². The van der Waals surface area contributed by atoms with Gasteiger partial charge in [-0.05, 0) is 63.4 Å². The van der Waals surface area contributed by atoms with Gasteiger partial charge in [0.05, 0.1) is 32.4 Å². The molecule has 7 nitrogen and oxygen atoms in total. The maximum absolute atomic E-state index is 5.84. The molecule has 7 heteroatoms. The zero-order chi connectivity index (χ0) is 21.0. The molecule has 0 aromatic heterocycles. The van der Waals surface area contributed by atoms with E-state index in [2.05, 4.69) is 34.6 Å². The average molecular weight is 419 g/mol. The number of hydrogen-bond donors (Lipinski definition) is 2. The summed E-state index contributed by atoms with van der Waals surface area (Å²) in [5.74, 6) is 1.77. The summed E-state index contributed by atoms with van der Waals surface area (Å²) in [6, 6.07) is 8.71. The minimum atomic E-state index is 0.276. The van der Waals surface area contributed by atoms with Crippen molar-refractivity contribution in [3.8, 4) is 5.75 Å². The summed E-state index contributed by atoms with van der Waals surface area (Å²) >= 11 is 0. The Labute approximate surface area is 181 Å². The Morgan fingerprint density at radius 2 is 2.03 bits per heavy atom. The van der Waals surface area contributed by atoms with Gasteiger partial charge in [0.15, 0.2) is 5.96 Å². The third-order valence-corrected chi connectivity index (χ3v) is 5.70. The van der Waals surface area contributed by atoms with Crippen molar-refractivity contribution in [2.75, 3.05) is 59.7 Å². The molecule has 2 aliphatic heterocycles. The number of aliphatic imine (C=N–C) groups is 1.